The average Bonchev–Trinajstić information content (AvgIpc) is 2.88. The Morgan fingerprint density at radius 2 is 2.00 bits per heavy atom. The lowest BCUT2D eigenvalue weighted by molar-refractivity contribution is 0.145. The van der Waals surface area contributed by atoms with Gasteiger partial charge in [-0.15, -0.1) is 0 Å². The fraction of sp³-hybridized carbons (Fsp3) is 0.235. The maximum atomic E-state index is 5.94. The van der Waals surface area contributed by atoms with Crippen LogP contribution in [0, 0.1) is 0 Å². The molecule has 0 unspecified atom stereocenters. The maximum absolute atomic E-state index is 5.94. The number of aryl methyl sites for hydroxylation is 1. The summed E-state index contributed by atoms with van der Waals surface area (Å²) >= 11 is 0. The number of aromatic nitrogens is 2. The van der Waals surface area contributed by atoms with E-state index in [0.717, 1.165) is 10.9 Å². The average molecular weight is 313 g/mol. The Morgan fingerprint density at radius 3 is 2.78 bits per heavy atom. The van der Waals surface area contributed by atoms with Crippen LogP contribution in [0.3, 0.4) is 0 Å². The van der Waals surface area contributed by atoms with E-state index in [1.165, 1.54) is 0 Å². The van der Waals surface area contributed by atoms with E-state index in [4.69, 9.17) is 19.9 Å². The van der Waals surface area contributed by atoms with Crippen LogP contribution in [0.15, 0.2) is 42.7 Å². The van der Waals surface area contributed by atoms with Crippen LogP contribution in [-0.4, -0.2) is 29.9 Å². The van der Waals surface area contributed by atoms with E-state index in [0.29, 0.717) is 36.3 Å². The molecular weight excluding hydrogens is 294 g/mol. The summed E-state index contributed by atoms with van der Waals surface area (Å²) < 4.78 is 18.8. The zero-order chi connectivity index (χ0) is 16.2. The number of pyridine rings is 1. The molecule has 3 aromatic rings. The Morgan fingerprint density at radius 1 is 1.13 bits per heavy atom. The summed E-state index contributed by atoms with van der Waals surface area (Å²) in [4.78, 5) is 3.96. The summed E-state index contributed by atoms with van der Waals surface area (Å²) in [6, 6.07) is 9.37. The topological polar surface area (TPSA) is 71.5 Å². The smallest absolute Gasteiger partial charge is 0.170 e. The molecule has 0 aliphatic rings. The van der Waals surface area contributed by atoms with Gasteiger partial charge in [-0.3, -0.25) is 0 Å². The molecule has 1 aromatic carbocycles. The summed E-state index contributed by atoms with van der Waals surface area (Å²) in [5, 5.41) is 1.07. The summed E-state index contributed by atoms with van der Waals surface area (Å²) in [7, 11) is 3.63. The highest BCUT2D eigenvalue weighted by molar-refractivity contribution is 5.84. The first-order chi connectivity index (χ1) is 11.2. The molecule has 0 radical (unpaired) electrons. The molecule has 23 heavy (non-hydrogen) atoms. The molecule has 0 bridgehead atoms. The second-order valence-electron chi connectivity index (χ2n) is 5.14. The molecule has 0 spiro atoms. The van der Waals surface area contributed by atoms with Crippen molar-refractivity contribution in [1.82, 2.24) is 9.55 Å². The van der Waals surface area contributed by atoms with Gasteiger partial charge in [-0.05, 0) is 18.2 Å². The van der Waals surface area contributed by atoms with Gasteiger partial charge < -0.3 is 24.5 Å². The number of ether oxygens (including phenoxy) is 3. The summed E-state index contributed by atoms with van der Waals surface area (Å²) in [6.07, 6.45) is 3.61. The molecule has 0 saturated carbocycles. The minimum Gasteiger partial charge on any atom is -0.487 e. The Hall–Kier alpha value is -2.73. The molecule has 2 N–H and O–H groups in total. The van der Waals surface area contributed by atoms with Crippen LogP contribution in [0.25, 0.3) is 10.9 Å². The third-order valence-corrected chi connectivity index (χ3v) is 3.48. The van der Waals surface area contributed by atoms with E-state index in [1.54, 1.807) is 25.4 Å². The number of anilines is 1. The highest BCUT2D eigenvalue weighted by atomic mass is 16.5. The van der Waals surface area contributed by atoms with E-state index in [1.807, 2.05) is 36.0 Å². The van der Waals surface area contributed by atoms with Crippen LogP contribution < -0.4 is 15.2 Å². The van der Waals surface area contributed by atoms with Crippen LogP contribution in [0.1, 0.15) is 0 Å². The normalized spacial score (nSPS) is 10.9. The molecule has 0 aliphatic heterocycles. The summed E-state index contributed by atoms with van der Waals surface area (Å²) in [6.45, 7) is 0.952. The van der Waals surface area contributed by atoms with Gasteiger partial charge in [0.2, 0.25) is 0 Å². The van der Waals surface area contributed by atoms with Crippen molar-refractivity contribution in [3.05, 3.63) is 42.7 Å². The predicted molar refractivity (Wildman–Crippen MR) is 89.0 cm³/mol. The number of nitrogen functional groups attached to an aromatic ring is 1. The van der Waals surface area contributed by atoms with E-state index >= 15 is 0 Å². The minimum atomic E-state index is 0.408. The highest BCUT2D eigenvalue weighted by Gasteiger charge is 2.11. The number of rotatable bonds is 6. The van der Waals surface area contributed by atoms with Crippen molar-refractivity contribution in [2.75, 3.05) is 26.1 Å². The van der Waals surface area contributed by atoms with Crippen LogP contribution in [-0.2, 0) is 11.8 Å². The lowest BCUT2D eigenvalue weighted by atomic mass is 10.2. The first-order valence-electron chi connectivity index (χ1n) is 7.27. The third-order valence-electron chi connectivity index (χ3n) is 3.48. The zero-order valence-corrected chi connectivity index (χ0v) is 13.2. The fourth-order valence-electron chi connectivity index (χ4n) is 2.32. The number of fused-ring (bicyclic) bond motifs is 1. The molecule has 0 fully saturated rings. The van der Waals surface area contributed by atoms with E-state index in [9.17, 15) is 0 Å². The van der Waals surface area contributed by atoms with Gasteiger partial charge in [-0.2, -0.15) is 0 Å². The number of benzene rings is 1. The van der Waals surface area contributed by atoms with Gasteiger partial charge in [-0.1, -0.05) is 0 Å². The number of nitrogens with zero attached hydrogens (tertiary/aromatic N) is 2. The van der Waals surface area contributed by atoms with Gasteiger partial charge in [-0.25, -0.2) is 4.98 Å². The molecule has 2 heterocycles. The molecule has 0 aliphatic carbocycles. The van der Waals surface area contributed by atoms with E-state index < -0.39 is 0 Å². The van der Waals surface area contributed by atoms with Crippen molar-refractivity contribution in [3.63, 3.8) is 0 Å². The van der Waals surface area contributed by atoms with Gasteiger partial charge in [0.1, 0.15) is 18.2 Å². The molecule has 0 atom stereocenters. The number of hydrogen-bond acceptors (Lipinski definition) is 5. The third kappa shape index (κ3) is 3.37. The van der Waals surface area contributed by atoms with Crippen molar-refractivity contribution in [3.8, 4) is 17.2 Å². The van der Waals surface area contributed by atoms with Crippen LogP contribution in [0.4, 0.5) is 5.82 Å². The molecule has 120 valence electrons. The van der Waals surface area contributed by atoms with Crippen LogP contribution in [0.2, 0.25) is 0 Å². The van der Waals surface area contributed by atoms with Crippen molar-refractivity contribution >= 4 is 16.7 Å². The molecule has 0 amide bonds. The monoisotopic (exact) mass is 313 g/mol. The standard InChI is InChI=1S/C17H19N3O3/c1-20-6-4-12-9-16(23-13-3-5-19-17(18)10-13)15(11-14(12)20)22-8-7-21-2/h3-6,9-11H,7-8H2,1-2H3,(H2,18,19). The highest BCUT2D eigenvalue weighted by Crippen LogP contribution is 2.36. The molecule has 3 rings (SSSR count). The quantitative estimate of drug-likeness (QED) is 0.708. The number of nitrogens with two attached hydrogens (primary N) is 1. The van der Waals surface area contributed by atoms with Crippen LogP contribution in [0.5, 0.6) is 17.2 Å². The second-order valence-corrected chi connectivity index (χ2v) is 5.14. The molecule has 2 aromatic heterocycles. The molecule has 0 saturated heterocycles. The Bertz CT molecular complexity index is 814. The van der Waals surface area contributed by atoms with Crippen molar-refractivity contribution in [2.45, 2.75) is 0 Å². The second kappa shape index (κ2) is 6.58. The van der Waals surface area contributed by atoms with Gasteiger partial charge in [0.25, 0.3) is 0 Å². The minimum absolute atomic E-state index is 0.408. The van der Waals surface area contributed by atoms with Crippen molar-refractivity contribution in [1.29, 1.82) is 0 Å². The summed E-state index contributed by atoms with van der Waals surface area (Å²) in [5.74, 6) is 2.31. The zero-order valence-electron chi connectivity index (χ0n) is 13.2. The lowest BCUT2D eigenvalue weighted by Gasteiger charge is -2.13. The molecule has 6 nitrogen and oxygen atoms in total. The Kier molecular flexibility index (Phi) is 4.34. The maximum Gasteiger partial charge on any atom is 0.170 e. The first kappa shape index (κ1) is 15.2. The lowest BCUT2D eigenvalue weighted by Crippen LogP contribution is -2.05. The van der Waals surface area contributed by atoms with Crippen molar-refractivity contribution < 1.29 is 14.2 Å². The van der Waals surface area contributed by atoms with Gasteiger partial charge >= 0.3 is 0 Å². The van der Waals surface area contributed by atoms with Crippen molar-refractivity contribution in [2.24, 2.45) is 7.05 Å². The SMILES string of the molecule is COCCOc1cc2c(ccn2C)cc1Oc1ccnc(N)c1. The predicted octanol–water partition coefficient (Wildman–Crippen LogP) is 2.97. The van der Waals surface area contributed by atoms with Gasteiger partial charge in [0.15, 0.2) is 11.5 Å². The van der Waals surface area contributed by atoms with E-state index in [-0.39, 0.29) is 0 Å². The fourth-order valence-corrected chi connectivity index (χ4v) is 2.32. The van der Waals surface area contributed by atoms with Gasteiger partial charge in [0, 0.05) is 44.1 Å². The van der Waals surface area contributed by atoms with E-state index in [2.05, 4.69) is 4.98 Å². The van der Waals surface area contributed by atoms with Gasteiger partial charge in [0.05, 0.1) is 12.1 Å². The largest absolute Gasteiger partial charge is 0.487 e. The molecule has 6 heteroatoms. The first-order valence-corrected chi connectivity index (χ1v) is 7.27. The van der Waals surface area contributed by atoms with Crippen LogP contribution >= 0.6 is 0 Å². The number of methoxy groups -OCH3 is 1. The Balaban J connectivity index is 1.96. The number of hydrogen-bond donors (Lipinski definition) is 1. The summed E-state index contributed by atoms with van der Waals surface area (Å²) in [5.41, 5.74) is 6.77. The Labute approximate surface area is 134 Å². The molecular formula is C17H19N3O3.